The fraction of sp³-hybridized carbons (Fsp3) is 0.250. The van der Waals surface area contributed by atoms with Gasteiger partial charge in [-0.15, -0.1) is 12.8 Å². The number of nitriles is 1. The normalized spacial score (nSPS) is 13.2. The molecule has 0 bridgehead atoms. The molecule has 134 valence electrons. The molecule has 0 unspecified atom stereocenters. The summed E-state index contributed by atoms with van der Waals surface area (Å²) < 4.78 is 35.3. The molecule has 1 aromatic rings. The van der Waals surface area contributed by atoms with Crippen molar-refractivity contribution in [2.75, 3.05) is 0 Å². The number of alkyl halides is 3. The van der Waals surface area contributed by atoms with Crippen LogP contribution in [0.5, 0.6) is 0 Å². The van der Waals surface area contributed by atoms with Crippen molar-refractivity contribution in [3.8, 4) is 5.40 Å². The summed E-state index contributed by atoms with van der Waals surface area (Å²) in [7, 11) is 0. The molecule has 0 amide bonds. The molecule has 0 aliphatic heterocycles. The van der Waals surface area contributed by atoms with Gasteiger partial charge in [-0.05, 0) is 0 Å². The summed E-state index contributed by atoms with van der Waals surface area (Å²) in [5.41, 5.74) is 1.82. The second-order valence-corrected chi connectivity index (χ2v) is 4.98. The van der Waals surface area contributed by atoms with Gasteiger partial charge in [0.25, 0.3) is 0 Å². The topological polar surface area (TPSA) is 23.8 Å². The Balaban J connectivity index is 0. The Morgan fingerprint density at radius 2 is 1.50 bits per heavy atom. The molecule has 26 heavy (non-hydrogen) atoms. The van der Waals surface area contributed by atoms with Crippen LogP contribution in [0.25, 0.3) is 0 Å². The number of rotatable bonds is 0. The van der Waals surface area contributed by atoms with E-state index in [4.69, 9.17) is 5.26 Å². The molecular formula is C20H18F3NSTi. The summed E-state index contributed by atoms with van der Waals surface area (Å²) in [6.07, 6.45) is 12.4. The summed E-state index contributed by atoms with van der Waals surface area (Å²) in [6.45, 7) is 4.12. The van der Waals surface area contributed by atoms with E-state index in [0.29, 0.717) is 0 Å². The van der Waals surface area contributed by atoms with Crippen LogP contribution in [-0.2, 0) is 40.5 Å². The predicted molar refractivity (Wildman–Crippen MR) is 95.6 cm³/mol. The van der Waals surface area contributed by atoms with Crippen LogP contribution in [-0.4, -0.2) is 0 Å². The minimum absolute atomic E-state index is 0. The third-order valence-corrected chi connectivity index (χ3v) is 2.75. The number of thiocyanates is 1. The van der Waals surface area contributed by atoms with Gasteiger partial charge in [0.2, 0.25) is 0 Å². The van der Waals surface area contributed by atoms with Gasteiger partial charge in [0.15, 0.2) is 0 Å². The molecule has 2 aliphatic carbocycles. The van der Waals surface area contributed by atoms with Crippen LogP contribution in [0.4, 0.5) is 13.2 Å². The zero-order valence-electron chi connectivity index (χ0n) is 14.5. The second kappa shape index (κ2) is 15.6. The molecular weight excluding hydrogens is 391 g/mol. The van der Waals surface area contributed by atoms with Crippen molar-refractivity contribution >= 4 is 12.6 Å². The number of nitrogens with zero attached hydrogens (tertiary/aromatic N) is 1. The van der Waals surface area contributed by atoms with Crippen LogP contribution in [0.2, 0.25) is 0 Å². The maximum atomic E-state index is 11.8. The third kappa shape index (κ3) is 14.7. The fourth-order valence-corrected chi connectivity index (χ4v) is 1.60. The minimum Gasteiger partial charge on any atom is -0.696 e. The average Bonchev–Trinajstić information content (AvgIpc) is 3.23. The Bertz CT molecular complexity index is 620. The number of hydrogen-bond donors (Lipinski definition) is 0. The standard InChI is InChI=1S/C7H4F3.2C6H7.CHNS.Ti/c8-7(9,10)6-4-2-1-3-5-6;2*1-6-4-2-3-5-6;2-1-3;/h1-4H;2*2,4H,3H2,1H3;3H;/q3*-1;;+4/p-1. The van der Waals surface area contributed by atoms with Gasteiger partial charge < -0.3 is 12.6 Å². The molecule has 0 saturated carbocycles. The van der Waals surface area contributed by atoms with E-state index in [1.165, 1.54) is 34.7 Å². The molecule has 1 aromatic carbocycles. The van der Waals surface area contributed by atoms with Crippen molar-refractivity contribution in [2.24, 2.45) is 0 Å². The Hall–Kier alpha value is -1.61. The first-order chi connectivity index (χ1) is 11.8. The maximum Gasteiger partial charge on any atom is 4.00 e. The van der Waals surface area contributed by atoms with E-state index in [1.54, 1.807) is 0 Å². The van der Waals surface area contributed by atoms with E-state index in [0.717, 1.165) is 18.9 Å². The van der Waals surface area contributed by atoms with E-state index >= 15 is 0 Å². The van der Waals surface area contributed by atoms with Crippen molar-refractivity contribution < 1.29 is 34.9 Å². The van der Waals surface area contributed by atoms with Crippen LogP contribution in [0.1, 0.15) is 32.3 Å². The molecule has 0 spiro atoms. The Labute approximate surface area is 174 Å². The summed E-state index contributed by atoms with van der Waals surface area (Å²) in [5, 5.41) is 8.47. The van der Waals surface area contributed by atoms with Crippen LogP contribution >= 0.6 is 0 Å². The first kappa shape index (κ1) is 26.6. The number of hydrogen-bond acceptors (Lipinski definition) is 2. The van der Waals surface area contributed by atoms with E-state index in [1.807, 2.05) is 0 Å². The summed E-state index contributed by atoms with van der Waals surface area (Å²) >= 11 is 3.70. The third-order valence-electron chi connectivity index (χ3n) is 2.75. The number of benzene rings is 1. The molecule has 0 fully saturated rings. The SMILES string of the molecule is CC1=[C-]CC=C1.CC1=[C-]CC=C1.FC(F)(F)c1[c-]cccc1.N#C[S-].[Ti+4]. The van der Waals surface area contributed by atoms with Crippen molar-refractivity contribution in [3.63, 3.8) is 0 Å². The van der Waals surface area contributed by atoms with Gasteiger partial charge in [-0.3, -0.25) is 12.2 Å². The van der Waals surface area contributed by atoms with Crippen LogP contribution in [0.3, 0.4) is 0 Å². The van der Waals surface area contributed by atoms with Gasteiger partial charge in [-0.25, -0.2) is 28.6 Å². The summed E-state index contributed by atoms with van der Waals surface area (Å²) in [5.74, 6) is 0. The largest absolute Gasteiger partial charge is 4.00 e. The van der Waals surface area contributed by atoms with Crippen molar-refractivity contribution in [2.45, 2.75) is 32.9 Å². The van der Waals surface area contributed by atoms with Crippen molar-refractivity contribution in [1.82, 2.24) is 0 Å². The van der Waals surface area contributed by atoms with Crippen LogP contribution < -0.4 is 0 Å². The predicted octanol–water partition coefficient (Wildman–Crippen LogP) is 5.91. The van der Waals surface area contributed by atoms with E-state index < -0.39 is 11.7 Å². The van der Waals surface area contributed by atoms with Crippen LogP contribution in [0, 0.1) is 28.9 Å². The van der Waals surface area contributed by atoms with Gasteiger partial charge >= 0.3 is 27.9 Å². The second-order valence-electron chi connectivity index (χ2n) is 4.80. The van der Waals surface area contributed by atoms with E-state index in [2.05, 4.69) is 69.0 Å². The maximum absolute atomic E-state index is 11.8. The molecule has 0 N–H and O–H groups in total. The minimum atomic E-state index is -4.26. The van der Waals surface area contributed by atoms with Gasteiger partial charge in [0.1, 0.15) is 0 Å². The van der Waals surface area contributed by atoms with E-state index in [9.17, 15) is 13.2 Å². The fourth-order valence-electron chi connectivity index (χ4n) is 1.60. The smallest absolute Gasteiger partial charge is 0.696 e. The molecule has 0 heterocycles. The number of halogens is 3. The average molecular weight is 409 g/mol. The Morgan fingerprint density at radius 3 is 1.65 bits per heavy atom. The van der Waals surface area contributed by atoms with Gasteiger partial charge in [-0.2, -0.15) is 55.7 Å². The molecule has 0 radical (unpaired) electrons. The first-order valence-corrected chi connectivity index (χ1v) is 7.75. The van der Waals surface area contributed by atoms with Gasteiger partial charge in [0, 0.05) is 0 Å². The monoisotopic (exact) mass is 409 g/mol. The molecule has 2 aliphatic rings. The molecule has 0 aromatic heterocycles. The molecule has 0 saturated heterocycles. The van der Waals surface area contributed by atoms with Crippen molar-refractivity contribution in [3.05, 3.63) is 83.5 Å². The number of allylic oxidation sites excluding steroid dienone is 8. The van der Waals surface area contributed by atoms with Crippen molar-refractivity contribution in [1.29, 1.82) is 5.26 Å². The summed E-state index contributed by atoms with van der Waals surface area (Å²) in [6, 6.07) is 7.14. The van der Waals surface area contributed by atoms with Gasteiger partial charge in [-0.1, -0.05) is 24.8 Å². The molecule has 3 rings (SSSR count). The van der Waals surface area contributed by atoms with Gasteiger partial charge in [0.05, 0.1) is 0 Å². The Morgan fingerprint density at radius 1 is 1.04 bits per heavy atom. The zero-order valence-corrected chi connectivity index (χ0v) is 16.9. The summed E-state index contributed by atoms with van der Waals surface area (Å²) in [4.78, 5) is 0. The first-order valence-electron chi connectivity index (χ1n) is 7.34. The molecule has 1 nitrogen and oxygen atoms in total. The van der Waals surface area contributed by atoms with E-state index in [-0.39, 0.29) is 21.7 Å². The Kier molecular flexibility index (Phi) is 16.0. The van der Waals surface area contributed by atoms with Crippen LogP contribution in [0.15, 0.2) is 59.7 Å². The molecule has 0 atom stereocenters. The zero-order chi connectivity index (χ0) is 19.1. The molecule has 6 heteroatoms. The quantitative estimate of drug-likeness (QED) is 0.230.